The molecule has 2 aliphatic rings. The third kappa shape index (κ3) is 4.12. The summed E-state index contributed by atoms with van der Waals surface area (Å²) in [5.41, 5.74) is 0. The second-order valence-corrected chi connectivity index (χ2v) is 10.3. The number of rotatable bonds is 4. The van der Waals surface area contributed by atoms with E-state index < -0.39 is 10.0 Å². The molecule has 26 heavy (non-hydrogen) atoms. The normalized spacial score (nSPS) is 27.4. The lowest BCUT2D eigenvalue weighted by atomic mass is 10.1. The smallest absolute Gasteiger partial charge is 0.280 e. The summed E-state index contributed by atoms with van der Waals surface area (Å²) in [7, 11) is -3.40. The number of piperazine rings is 1. The van der Waals surface area contributed by atoms with Crippen molar-refractivity contribution in [3.63, 3.8) is 0 Å². The third-order valence-electron chi connectivity index (χ3n) is 5.17. The lowest BCUT2D eigenvalue weighted by Crippen LogP contribution is -3.19. The Labute approximate surface area is 159 Å². The van der Waals surface area contributed by atoms with Gasteiger partial charge in [0.05, 0.1) is 38.4 Å². The van der Waals surface area contributed by atoms with E-state index in [0.29, 0.717) is 43.5 Å². The van der Waals surface area contributed by atoms with E-state index in [1.807, 2.05) is 25.7 Å². The fraction of sp³-hybridized carbons (Fsp3) is 0.706. The van der Waals surface area contributed by atoms with E-state index in [0.717, 1.165) is 4.90 Å². The maximum Gasteiger partial charge on any atom is 0.280 e. The summed E-state index contributed by atoms with van der Waals surface area (Å²) in [5.74, 6) is 0.136. The Balaban J connectivity index is 1.58. The van der Waals surface area contributed by atoms with E-state index in [4.69, 9.17) is 4.74 Å². The van der Waals surface area contributed by atoms with Crippen molar-refractivity contribution in [3.05, 3.63) is 17.5 Å². The van der Waals surface area contributed by atoms with E-state index in [1.54, 1.807) is 21.8 Å². The van der Waals surface area contributed by atoms with Crippen LogP contribution in [0.4, 0.5) is 0 Å². The first-order valence-electron chi connectivity index (χ1n) is 9.11. The topological polar surface area (TPSA) is 71.4 Å². The fourth-order valence-corrected chi connectivity index (χ4v) is 6.38. The van der Waals surface area contributed by atoms with E-state index >= 15 is 0 Å². The number of amides is 1. The van der Waals surface area contributed by atoms with Gasteiger partial charge in [-0.05, 0) is 32.2 Å². The van der Waals surface area contributed by atoms with E-state index in [9.17, 15) is 13.2 Å². The Kier molecular flexibility index (Phi) is 6.03. The molecule has 0 radical (unpaired) electrons. The molecule has 1 N–H and O–H groups in total. The molecule has 9 heteroatoms. The average molecular weight is 403 g/mol. The zero-order valence-corrected chi connectivity index (χ0v) is 17.2. The van der Waals surface area contributed by atoms with Gasteiger partial charge in [0.15, 0.2) is 6.04 Å². The number of hydrogen-bond donors (Lipinski definition) is 1. The fourth-order valence-electron chi connectivity index (χ4n) is 3.79. The molecule has 1 amide bonds. The maximum absolute atomic E-state index is 12.9. The van der Waals surface area contributed by atoms with Crippen LogP contribution in [0, 0.1) is 0 Å². The van der Waals surface area contributed by atoms with Crippen LogP contribution in [-0.2, 0) is 19.6 Å². The minimum absolute atomic E-state index is 0.0534. The van der Waals surface area contributed by atoms with Gasteiger partial charge in [-0.15, -0.1) is 11.3 Å². The van der Waals surface area contributed by atoms with Crippen LogP contribution in [-0.4, -0.2) is 81.0 Å². The van der Waals surface area contributed by atoms with Crippen molar-refractivity contribution in [1.82, 2.24) is 9.21 Å². The molecule has 3 atom stereocenters. The van der Waals surface area contributed by atoms with Gasteiger partial charge < -0.3 is 14.5 Å². The summed E-state index contributed by atoms with van der Waals surface area (Å²) in [6.45, 7) is 9.36. The first-order chi connectivity index (χ1) is 12.3. The molecular weight excluding hydrogens is 374 g/mol. The van der Waals surface area contributed by atoms with Gasteiger partial charge in [0.1, 0.15) is 4.21 Å². The standard InChI is InChI=1S/C17H27N3O4S2/c1-13-11-19(12-14(2)24-13)17(21)15(3)18-6-8-20(9-7-18)26(22,23)16-5-4-10-25-16/h4-5,10,13-15H,6-9,11-12H2,1-3H3/p+1/t13-,14-,15+/m0/s1. The summed E-state index contributed by atoms with van der Waals surface area (Å²) in [4.78, 5) is 15.9. The Morgan fingerprint density at radius 2 is 1.88 bits per heavy atom. The quantitative estimate of drug-likeness (QED) is 0.748. The van der Waals surface area contributed by atoms with Crippen LogP contribution >= 0.6 is 11.3 Å². The summed E-state index contributed by atoms with van der Waals surface area (Å²) in [6.07, 6.45) is 0.107. The minimum Gasteiger partial charge on any atom is -0.372 e. The van der Waals surface area contributed by atoms with Gasteiger partial charge in [0, 0.05) is 13.1 Å². The largest absolute Gasteiger partial charge is 0.372 e. The van der Waals surface area contributed by atoms with Crippen LogP contribution in [0.5, 0.6) is 0 Å². The molecule has 7 nitrogen and oxygen atoms in total. The first kappa shape index (κ1) is 19.8. The first-order valence-corrected chi connectivity index (χ1v) is 11.4. The highest BCUT2D eigenvalue weighted by Gasteiger charge is 2.37. The molecule has 1 aromatic heterocycles. The van der Waals surface area contributed by atoms with E-state index in [-0.39, 0.29) is 24.2 Å². The van der Waals surface area contributed by atoms with Crippen molar-refractivity contribution in [2.45, 2.75) is 43.2 Å². The molecule has 146 valence electrons. The van der Waals surface area contributed by atoms with Gasteiger partial charge in [-0.1, -0.05) is 6.07 Å². The Hall–Kier alpha value is -1.00. The summed E-state index contributed by atoms with van der Waals surface area (Å²) >= 11 is 1.25. The van der Waals surface area contributed by atoms with E-state index in [2.05, 4.69) is 0 Å². The molecule has 3 heterocycles. The van der Waals surface area contributed by atoms with Crippen molar-refractivity contribution >= 4 is 27.3 Å². The molecule has 0 aliphatic carbocycles. The number of hydrogen-bond acceptors (Lipinski definition) is 5. The summed E-state index contributed by atoms with van der Waals surface area (Å²) < 4.78 is 32.9. The Bertz CT molecular complexity index is 704. The number of ether oxygens (including phenoxy) is 1. The Morgan fingerprint density at radius 3 is 2.42 bits per heavy atom. The molecule has 2 aliphatic heterocycles. The maximum atomic E-state index is 12.9. The zero-order valence-electron chi connectivity index (χ0n) is 15.6. The molecule has 0 unspecified atom stereocenters. The summed E-state index contributed by atoms with van der Waals surface area (Å²) in [6, 6.07) is 3.23. The average Bonchev–Trinajstić information content (AvgIpc) is 3.15. The van der Waals surface area contributed by atoms with E-state index in [1.165, 1.54) is 11.3 Å². The highest BCUT2D eigenvalue weighted by molar-refractivity contribution is 7.91. The van der Waals surface area contributed by atoms with Crippen LogP contribution in [0.1, 0.15) is 20.8 Å². The molecule has 2 saturated heterocycles. The lowest BCUT2D eigenvalue weighted by Gasteiger charge is -2.39. The van der Waals surface area contributed by atoms with Crippen LogP contribution in [0.15, 0.2) is 21.7 Å². The van der Waals surface area contributed by atoms with Crippen molar-refractivity contribution in [3.8, 4) is 0 Å². The SMILES string of the molecule is C[C@H](C(=O)N1C[C@H](C)O[C@@H](C)C1)[NH+]1CCN(S(=O)(=O)c2cccs2)CC1. The summed E-state index contributed by atoms with van der Waals surface area (Å²) in [5, 5.41) is 1.78. The van der Waals surface area contributed by atoms with Crippen molar-refractivity contribution < 1.29 is 22.8 Å². The predicted molar refractivity (Wildman–Crippen MR) is 99.8 cm³/mol. The van der Waals surface area contributed by atoms with Gasteiger partial charge in [-0.25, -0.2) is 8.42 Å². The van der Waals surface area contributed by atoms with Gasteiger partial charge in [-0.3, -0.25) is 4.79 Å². The van der Waals surface area contributed by atoms with Gasteiger partial charge in [0.25, 0.3) is 15.9 Å². The monoisotopic (exact) mass is 402 g/mol. The molecule has 0 aromatic carbocycles. The molecule has 3 rings (SSSR count). The number of quaternary nitrogens is 1. The van der Waals surface area contributed by atoms with Crippen LogP contribution in [0.2, 0.25) is 0 Å². The van der Waals surface area contributed by atoms with Gasteiger partial charge in [0.2, 0.25) is 0 Å². The lowest BCUT2D eigenvalue weighted by molar-refractivity contribution is -0.918. The Morgan fingerprint density at radius 1 is 1.27 bits per heavy atom. The van der Waals surface area contributed by atoms with Crippen molar-refractivity contribution in [2.24, 2.45) is 0 Å². The van der Waals surface area contributed by atoms with Gasteiger partial charge in [-0.2, -0.15) is 4.31 Å². The molecule has 0 spiro atoms. The number of thiophene rings is 1. The molecule has 0 saturated carbocycles. The van der Waals surface area contributed by atoms with Crippen LogP contribution in [0.25, 0.3) is 0 Å². The molecule has 0 bridgehead atoms. The highest BCUT2D eigenvalue weighted by Crippen LogP contribution is 2.20. The van der Waals surface area contributed by atoms with Gasteiger partial charge >= 0.3 is 0 Å². The number of nitrogens with one attached hydrogen (secondary N) is 1. The highest BCUT2D eigenvalue weighted by atomic mass is 32.2. The number of sulfonamides is 1. The minimum atomic E-state index is -3.40. The number of morpholine rings is 1. The second kappa shape index (κ2) is 7.93. The zero-order chi connectivity index (χ0) is 18.9. The number of carbonyl (C=O) groups excluding carboxylic acids is 1. The predicted octanol–water partition coefficient (Wildman–Crippen LogP) is -0.338. The van der Waals surface area contributed by atoms with Crippen LogP contribution in [0.3, 0.4) is 0 Å². The van der Waals surface area contributed by atoms with Crippen molar-refractivity contribution in [1.29, 1.82) is 0 Å². The van der Waals surface area contributed by atoms with Crippen LogP contribution < -0.4 is 4.90 Å². The van der Waals surface area contributed by atoms with Crippen molar-refractivity contribution in [2.75, 3.05) is 39.3 Å². The number of carbonyl (C=O) groups is 1. The molecular formula is C17H28N3O4S2+. The number of nitrogens with zero attached hydrogens (tertiary/aromatic N) is 2. The third-order valence-corrected chi connectivity index (χ3v) is 8.44. The molecule has 2 fully saturated rings. The molecule has 1 aromatic rings. The second-order valence-electron chi connectivity index (χ2n) is 7.22.